The Kier molecular flexibility index (Phi) is 4.68. The minimum atomic E-state index is -1.12. The van der Waals surface area contributed by atoms with Gasteiger partial charge in [0.05, 0.1) is 11.0 Å². The van der Waals surface area contributed by atoms with Gasteiger partial charge in [0.25, 0.3) is 5.91 Å². The molecular formula is C22H17N3O3. The Balaban J connectivity index is 1.55. The van der Waals surface area contributed by atoms with Gasteiger partial charge in [0.15, 0.2) is 0 Å². The zero-order valence-electron chi connectivity index (χ0n) is 14.9. The first kappa shape index (κ1) is 17.6. The van der Waals surface area contributed by atoms with E-state index in [2.05, 4.69) is 15.3 Å². The smallest absolute Gasteiger partial charge is 0.326 e. The van der Waals surface area contributed by atoms with Gasteiger partial charge in [0.1, 0.15) is 11.7 Å². The fourth-order valence-electron chi connectivity index (χ4n) is 3.06. The Hall–Kier alpha value is -3.80. The molecule has 4 aromatic rings. The third kappa shape index (κ3) is 3.66. The Morgan fingerprint density at radius 3 is 2.11 bits per heavy atom. The average Bonchev–Trinajstić information content (AvgIpc) is 2.72. The van der Waals surface area contributed by atoms with E-state index in [1.807, 2.05) is 48.5 Å². The molecule has 28 heavy (non-hydrogen) atoms. The van der Waals surface area contributed by atoms with Crippen molar-refractivity contribution in [2.24, 2.45) is 0 Å². The molecule has 0 fully saturated rings. The molecule has 0 aliphatic rings. The van der Waals surface area contributed by atoms with Crippen molar-refractivity contribution in [3.63, 3.8) is 0 Å². The molecule has 2 aromatic carbocycles. The fourth-order valence-corrected chi connectivity index (χ4v) is 3.06. The maximum absolute atomic E-state index is 12.5. The summed E-state index contributed by atoms with van der Waals surface area (Å²) in [5, 5.41) is 14.0. The summed E-state index contributed by atoms with van der Waals surface area (Å²) >= 11 is 0. The van der Waals surface area contributed by atoms with Crippen LogP contribution in [0.4, 0.5) is 0 Å². The molecule has 0 unspecified atom stereocenters. The third-order valence-electron chi connectivity index (χ3n) is 4.50. The van der Waals surface area contributed by atoms with Crippen LogP contribution in [0, 0.1) is 0 Å². The number of para-hydroxylation sites is 2. The summed E-state index contributed by atoms with van der Waals surface area (Å²) in [5.74, 6) is -1.65. The summed E-state index contributed by atoms with van der Waals surface area (Å²) in [6.45, 7) is 0. The molecular weight excluding hydrogens is 354 g/mol. The standard InChI is InChI=1S/C22H17N3O3/c26-21(19-12-10-15-6-2-4-8-18(15)24-19)25-20(22(27)28)13-16-11-9-14-5-1-3-7-17(14)23-16/h1-12,20H,13H2,(H,25,26)(H,27,28)/t20-/m0/s1. The first-order valence-corrected chi connectivity index (χ1v) is 8.84. The van der Waals surface area contributed by atoms with E-state index in [1.54, 1.807) is 24.3 Å². The Bertz CT molecular complexity index is 1190. The van der Waals surface area contributed by atoms with Crippen LogP contribution in [-0.2, 0) is 11.2 Å². The lowest BCUT2D eigenvalue weighted by molar-refractivity contribution is -0.139. The summed E-state index contributed by atoms with van der Waals surface area (Å²) in [5.41, 5.74) is 2.24. The van der Waals surface area contributed by atoms with Crippen molar-refractivity contribution in [3.8, 4) is 0 Å². The number of nitrogens with one attached hydrogen (secondary N) is 1. The molecule has 138 valence electrons. The fraction of sp³-hybridized carbons (Fsp3) is 0.0909. The number of pyridine rings is 2. The molecule has 6 nitrogen and oxygen atoms in total. The Labute approximate surface area is 160 Å². The van der Waals surface area contributed by atoms with E-state index in [0.717, 1.165) is 16.3 Å². The lowest BCUT2D eigenvalue weighted by Crippen LogP contribution is -2.42. The number of amides is 1. The predicted octanol–water partition coefficient (Wildman–Crippen LogP) is 3.21. The number of carboxylic acids is 1. The van der Waals surface area contributed by atoms with Crippen LogP contribution in [0.25, 0.3) is 21.8 Å². The van der Waals surface area contributed by atoms with Crippen LogP contribution in [0.2, 0.25) is 0 Å². The van der Waals surface area contributed by atoms with Crippen molar-refractivity contribution in [3.05, 3.63) is 84.2 Å². The van der Waals surface area contributed by atoms with Crippen molar-refractivity contribution in [1.29, 1.82) is 0 Å². The topological polar surface area (TPSA) is 92.2 Å². The van der Waals surface area contributed by atoms with Crippen LogP contribution in [0.15, 0.2) is 72.8 Å². The summed E-state index contributed by atoms with van der Waals surface area (Å²) in [4.78, 5) is 33.0. The van der Waals surface area contributed by atoms with Crippen molar-refractivity contribution >= 4 is 33.7 Å². The first-order chi connectivity index (χ1) is 13.6. The Morgan fingerprint density at radius 1 is 0.821 bits per heavy atom. The van der Waals surface area contributed by atoms with E-state index in [0.29, 0.717) is 11.2 Å². The second-order valence-corrected chi connectivity index (χ2v) is 6.45. The molecule has 0 bridgehead atoms. The highest BCUT2D eigenvalue weighted by atomic mass is 16.4. The maximum atomic E-state index is 12.5. The molecule has 1 atom stereocenters. The molecule has 1 amide bonds. The molecule has 0 radical (unpaired) electrons. The van der Waals surface area contributed by atoms with Crippen LogP contribution >= 0.6 is 0 Å². The van der Waals surface area contributed by atoms with Crippen LogP contribution < -0.4 is 5.32 Å². The number of fused-ring (bicyclic) bond motifs is 2. The van der Waals surface area contributed by atoms with E-state index in [1.165, 1.54) is 0 Å². The molecule has 2 aromatic heterocycles. The second-order valence-electron chi connectivity index (χ2n) is 6.45. The van der Waals surface area contributed by atoms with Crippen LogP contribution in [0.1, 0.15) is 16.2 Å². The molecule has 0 aliphatic carbocycles. The highest BCUT2D eigenvalue weighted by molar-refractivity contribution is 5.97. The van der Waals surface area contributed by atoms with Gasteiger partial charge in [-0.25, -0.2) is 9.78 Å². The zero-order valence-corrected chi connectivity index (χ0v) is 14.9. The normalized spacial score (nSPS) is 12.0. The van der Waals surface area contributed by atoms with Crippen LogP contribution in [0.5, 0.6) is 0 Å². The average molecular weight is 371 g/mol. The van der Waals surface area contributed by atoms with Crippen molar-refractivity contribution in [1.82, 2.24) is 15.3 Å². The number of nitrogens with zero attached hydrogens (tertiary/aromatic N) is 2. The number of rotatable bonds is 5. The SMILES string of the molecule is O=C(N[C@@H](Cc1ccc2ccccc2n1)C(=O)O)c1ccc2ccccc2n1. The van der Waals surface area contributed by atoms with Crippen LogP contribution in [-0.4, -0.2) is 33.0 Å². The summed E-state index contributed by atoms with van der Waals surface area (Å²) < 4.78 is 0. The van der Waals surface area contributed by atoms with Gasteiger partial charge >= 0.3 is 5.97 Å². The molecule has 4 rings (SSSR count). The highest BCUT2D eigenvalue weighted by Gasteiger charge is 2.22. The number of hydrogen-bond acceptors (Lipinski definition) is 4. The van der Waals surface area contributed by atoms with Crippen LogP contribution in [0.3, 0.4) is 0 Å². The third-order valence-corrected chi connectivity index (χ3v) is 4.50. The number of carboxylic acid groups (broad SMARTS) is 1. The highest BCUT2D eigenvalue weighted by Crippen LogP contribution is 2.14. The predicted molar refractivity (Wildman–Crippen MR) is 106 cm³/mol. The number of carbonyl (C=O) groups is 2. The molecule has 2 heterocycles. The van der Waals surface area contributed by atoms with Gasteiger partial charge < -0.3 is 10.4 Å². The van der Waals surface area contributed by atoms with E-state index >= 15 is 0 Å². The van der Waals surface area contributed by atoms with Gasteiger partial charge in [-0.3, -0.25) is 9.78 Å². The van der Waals surface area contributed by atoms with Gasteiger partial charge in [-0.1, -0.05) is 48.5 Å². The monoisotopic (exact) mass is 371 g/mol. The molecule has 0 aliphatic heterocycles. The zero-order chi connectivity index (χ0) is 19.5. The van der Waals surface area contributed by atoms with Crippen molar-refractivity contribution in [2.75, 3.05) is 0 Å². The summed E-state index contributed by atoms with van der Waals surface area (Å²) in [6, 6.07) is 21.0. The number of benzene rings is 2. The largest absolute Gasteiger partial charge is 0.480 e. The van der Waals surface area contributed by atoms with E-state index < -0.39 is 17.9 Å². The van der Waals surface area contributed by atoms with Gasteiger partial charge in [0, 0.05) is 22.9 Å². The minimum absolute atomic E-state index is 0.0828. The minimum Gasteiger partial charge on any atom is -0.480 e. The number of aromatic nitrogens is 2. The number of aliphatic carboxylic acids is 1. The number of carbonyl (C=O) groups excluding carboxylic acids is 1. The molecule has 0 spiro atoms. The maximum Gasteiger partial charge on any atom is 0.326 e. The van der Waals surface area contributed by atoms with Gasteiger partial charge in [-0.05, 0) is 24.3 Å². The Morgan fingerprint density at radius 2 is 1.43 bits per heavy atom. The molecule has 2 N–H and O–H groups in total. The quantitative estimate of drug-likeness (QED) is 0.562. The summed E-state index contributed by atoms with van der Waals surface area (Å²) in [7, 11) is 0. The van der Waals surface area contributed by atoms with Crippen molar-refractivity contribution in [2.45, 2.75) is 12.5 Å². The van der Waals surface area contributed by atoms with E-state index in [4.69, 9.17) is 0 Å². The second kappa shape index (κ2) is 7.44. The molecule has 6 heteroatoms. The van der Waals surface area contributed by atoms with Gasteiger partial charge in [0.2, 0.25) is 0 Å². The van der Waals surface area contributed by atoms with Gasteiger partial charge in [-0.15, -0.1) is 0 Å². The van der Waals surface area contributed by atoms with E-state index in [9.17, 15) is 14.7 Å². The lowest BCUT2D eigenvalue weighted by Gasteiger charge is -2.14. The van der Waals surface area contributed by atoms with E-state index in [-0.39, 0.29) is 12.1 Å². The first-order valence-electron chi connectivity index (χ1n) is 8.84. The number of hydrogen-bond donors (Lipinski definition) is 2. The summed E-state index contributed by atoms with van der Waals surface area (Å²) in [6.07, 6.45) is 0.0828. The van der Waals surface area contributed by atoms with Crippen molar-refractivity contribution < 1.29 is 14.7 Å². The van der Waals surface area contributed by atoms with Gasteiger partial charge in [-0.2, -0.15) is 0 Å². The molecule has 0 saturated carbocycles. The lowest BCUT2D eigenvalue weighted by atomic mass is 10.1. The molecule has 0 saturated heterocycles.